The third-order valence-electron chi connectivity index (χ3n) is 7.17. The molecule has 4 aromatic heterocycles. The van der Waals surface area contributed by atoms with E-state index in [0.29, 0.717) is 61.6 Å². The largest absolute Gasteiger partial charge is 0.455 e. The van der Waals surface area contributed by atoms with Crippen LogP contribution in [0, 0.1) is 12.7 Å². The molecule has 0 bridgehead atoms. The molecule has 0 spiro atoms. The zero-order valence-electron chi connectivity index (χ0n) is 23.2. The van der Waals surface area contributed by atoms with Crippen LogP contribution in [0.2, 0.25) is 0 Å². The summed E-state index contributed by atoms with van der Waals surface area (Å²) in [6.45, 7) is 1.97. The Morgan fingerprint density at radius 2 is 1.74 bits per heavy atom. The average Bonchev–Trinajstić information content (AvgIpc) is 3.56. The quantitative estimate of drug-likeness (QED) is 0.270. The van der Waals surface area contributed by atoms with E-state index in [4.69, 9.17) is 4.42 Å². The van der Waals surface area contributed by atoms with Gasteiger partial charge in [-0.25, -0.2) is 17.8 Å². The van der Waals surface area contributed by atoms with Gasteiger partial charge in [-0.1, -0.05) is 29.8 Å². The summed E-state index contributed by atoms with van der Waals surface area (Å²) in [5, 5.41) is 3.21. The van der Waals surface area contributed by atoms with Gasteiger partial charge in [0.2, 0.25) is 10.0 Å². The van der Waals surface area contributed by atoms with Gasteiger partial charge in [-0.15, -0.1) is 0 Å². The minimum Gasteiger partial charge on any atom is -0.455 e. The van der Waals surface area contributed by atoms with E-state index >= 15 is 0 Å². The number of pyridine rings is 2. The number of hydrogen-bond acceptors (Lipinski definition) is 6. The SMILES string of the molecule is CNC(=O)c1c(-c2ccc(C)cc2)oc2cc(N(C)S(C)(=O)=O)c(-c3cncc(-c4cn5cc(F)ccc5n4)c3)cc12. The highest BCUT2D eigenvalue weighted by Crippen LogP contribution is 2.41. The Hall–Kier alpha value is -5.03. The third kappa shape index (κ3) is 4.77. The van der Waals surface area contributed by atoms with Gasteiger partial charge >= 0.3 is 0 Å². The molecule has 0 fully saturated rings. The molecule has 0 aliphatic heterocycles. The van der Waals surface area contributed by atoms with Crippen molar-refractivity contribution in [3.8, 4) is 33.7 Å². The number of amides is 1. The molecule has 0 atom stereocenters. The van der Waals surface area contributed by atoms with Gasteiger partial charge in [0.15, 0.2) is 0 Å². The maximum Gasteiger partial charge on any atom is 0.255 e. The number of nitrogens with one attached hydrogen (secondary N) is 1. The molecule has 0 saturated heterocycles. The first-order chi connectivity index (χ1) is 20.0. The van der Waals surface area contributed by atoms with Gasteiger partial charge in [0.05, 0.1) is 23.2 Å². The number of aryl methyl sites for hydroxylation is 1. The molecule has 1 amide bonds. The number of benzene rings is 2. The van der Waals surface area contributed by atoms with E-state index in [2.05, 4.69) is 15.3 Å². The lowest BCUT2D eigenvalue weighted by Crippen LogP contribution is -2.25. The highest BCUT2D eigenvalue weighted by atomic mass is 32.2. The Morgan fingerprint density at radius 3 is 2.45 bits per heavy atom. The van der Waals surface area contributed by atoms with Crippen molar-refractivity contribution in [1.82, 2.24) is 19.7 Å². The first kappa shape index (κ1) is 27.2. The summed E-state index contributed by atoms with van der Waals surface area (Å²) in [6, 6.07) is 15.7. The molecule has 2 aromatic carbocycles. The van der Waals surface area contributed by atoms with Crippen LogP contribution in [0.1, 0.15) is 15.9 Å². The summed E-state index contributed by atoms with van der Waals surface area (Å²) >= 11 is 0. The van der Waals surface area contributed by atoms with Crippen molar-refractivity contribution < 1.29 is 22.0 Å². The molecule has 4 heterocycles. The summed E-state index contributed by atoms with van der Waals surface area (Å²) in [7, 11) is -0.681. The normalized spacial score (nSPS) is 11.7. The van der Waals surface area contributed by atoms with Crippen LogP contribution in [0.25, 0.3) is 50.3 Å². The van der Waals surface area contributed by atoms with Crippen LogP contribution < -0.4 is 9.62 Å². The smallest absolute Gasteiger partial charge is 0.255 e. The van der Waals surface area contributed by atoms with Crippen LogP contribution in [0.15, 0.2) is 83.8 Å². The predicted molar refractivity (Wildman–Crippen MR) is 160 cm³/mol. The Balaban J connectivity index is 1.60. The minimum atomic E-state index is -3.68. The second-order valence-electron chi connectivity index (χ2n) is 10.0. The predicted octanol–water partition coefficient (Wildman–Crippen LogP) is 5.68. The Morgan fingerprint density at radius 1 is 1.00 bits per heavy atom. The lowest BCUT2D eigenvalue weighted by atomic mass is 9.98. The molecule has 212 valence electrons. The molecule has 0 saturated carbocycles. The second-order valence-corrected chi connectivity index (χ2v) is 12.1. The molecule has 0 aliphatic rings. The Kier molecular flexibility index (Phi) is 6.53. The highest BCUT2D eigenvalue weighted by Gasteiger charge is 2.26. The van der Waals surface area contributed by atoms with E-state index in [0.717, 1.165) is 16.1 Å². The molecule has 1 N–H and O–H groups in total. The van der Waals surface area contributed by atoms with Crippen molar-refractivity contribution >= 4 is 38.2 Å². The maximum absolute atomic E-state index is 13.8. The fraction of sp³-hybridized carbons (Fsp3) is 0.129. The molecule has 6 aromatic rings. The van der Waals surface area contributed by atoms with E-state index in [9.17, 15) is 17.6 Å². The third-order valence-corrected chi connectivity index (χ3v) is 8.36. The topological polar surface area (TPSA) is 110 Å². The van der Waals surface area contributed by atoms with Crippen molar-refractivity contribution in [2.24, 2.45) is 0 Å². The summed E-state index contributed by atoms with van der Waals surface area (Å²) in [5.41, 5.74) is 5.66. The average molecular weight is 584 g/mol. The molecule has 42 heavy (non-hydrogen) atoms. The first-order valence-corrected chi connectivity index (χ1v) is 14.8. The number of carbonyl (C=O) groups excluding carboxylic acids is 1. The number of anilines is 1. The first-order valence-electron chi connectivity index (χ1n) is 13.0. The van der Waals surface area contributed by atoms with Crippen molar-refractivity contribution in [3.63, 3.8) is 0 Å². The van der Waals surface area contributed by atoms with Gasteiger partial charge in [0, 0.05) is 72.6 Å². The van der Waals surface area contributed by atoms with Crippen molar-refractivity contribution in [1.29, 1.82) is 0 Å². The summed E-state index contributed by atoms with van der Waals surface area (Å²) in [4.78, 5) is 22.2. The minimum absolute atomic E-state index is 0.331. The van der Waals surface area contributed by atoms with Crippen molar-refractivity contribution in [3.05, 3.63) is 96.3 Å². The van der Waals surface area contributed by atoms with E-state index < -0.39 is 15.8 Å². The van der Waals surface area contributed by atoms with Crippen molar-refractivity contribution in [2.45, 2.75) is 6.92 Å². The van der Waals surface area contributed by atoms with Crippen LogP contribution in [0.4, 0.5) is 10.1 Å². The standard InChI is InChI=1S/C31H26FN5O4S/c1-18-5-7-19(8-6-18)30-29(31(38)33-2)24-12-23(26(13-27(24)41-30)36(3)42(4,39)40)20-11-21(15-34-14-20)25-17-37-16-22(32)9-10-28(37)35-25/h5-17H,1-4H3,(H,33,38). The van der Waals surface area contributed by atoms with Gasteiger partial charge in [-0.05, 0) is 31.2 Å². The van der Waals surface area contributed by atoms with Crippen LogP contribution in [-0.2, 0) is 10.0 Å². The number of rotatable bonds is 6. The number of sulfonamides is 1. The summed E-state index contributed by atoms with van der Waals surface area (Å²) in [6.07, 6.45) is 7.38. The number of nitrogens with zero attached hydrogens (tertiary/aromatic N) is 4. The van der Waals surface area contributed by atoms with E-state index in [1.807, 2.05) is 37.3 Å². The van der Waals surface area contributed by atoms with Crippen molar-refractivity contribution in [2.75, 3.05) is 24.7 Å². The monoisotopic (exact) mass is 583 g/mol. The van der Waals surface area contributed by atoms with Gasteiger partial charge in [0.1, 0.15) is 22.8 Å². The van der Waals surface area contributed by atoms with E-state index in [-0.39, 0.29) is 5.91 Å². The summed E-state index contributed by atoms with van der Waals surface area (Å²) < 4.78 is 48.2. The Labute approximate surface area is 241 Å². The number of hydrogen-bond donors (Lipinski definition) is 1. The van der Waals surface area contributed by atoms with E-state index in [1.54, 1.807) is 48.2 Å². The molecular formula is C31H26FN5O4S. The zero-order valence-corrected chi connectivity index (χ0v) is 24.0. The number of fused-ring (bicyclic) bond motifs is 2. The van der Waals surface area contributed by atoms with Gasteiger partial charge in [-0.3, -0.25) is 14.1 Å². The van der Waals surface area contributed by atoms with Crippen LogP contribution in [0.5, 0.6) is 0 Å². The fourth-order valence-corrected chi connectivity index (χ4v) is 5.40. The molecule has 0 aliphatic carbocycles. The number of imidazole rings is 1. The lowest BCUT2D eigenvalue weighted by Gasteiger charge is -2.20. The number of halogens is 1. The van der Waals surface area contributed by atoms with Gasteiger partial charge in [0.25, 0.3) is 5.91 Å². The number of carbonyl (C=O) groups is 1. The maximum atomic E-state index is 13.8. The molecular weight excluding hydrogens is 557 g/mol. The van der Waals surface area contributed by atoms with E-state index in [1.165, 1.54) is 19.3 Å². The molecule has 9 nitrogen and oxygen atoms in total. The Bertz CT molecular complexity index is 2120. The van der Waals surface area contributed by atoms with Crippen LogP contribution in [-0.4, -0.2) is 49.0 Å². The van der Waals surface area contributed by atoms with Crippen LogP contribution in [0.3, 0.4) is 0 Å². The fourth-order valence-electron chi connectivity index (χ4n) is 4.89. The molecule has 11 heteroatoms. The number of aromatic nitrogens is 3. The zero-order chi connectivity index (χ0) is 29.8. The molecule has 6 rings (SSSR count). The highest BCUT2D eigenvalue weighted by molar-refractivity contribution is 7.92. The van der Waals surface area contributed by atoms with Gasteiger partial charge in [-0.2, -0.15) is 0 Å². The van der Waals surface area contributed by atoms with Gasteiger partial charge < -0.3 is 14.1 Å². The molecule has 0 radical (unpaired) electrons. The summed E-state index contributed by atoms with van der Waals surface area (Å²) in [5.74, 6) is -0.362. The molecule has 0 unspecified atom stereocenters. The number of furan rings is 1. The lowest BCUT2D eigenvalue weighted by molar-refractivity contribution is 0.0964. The second kappa shape index (κ2) is 10.1. The van der Waals surface area contributed by atoms with Crippen LogP contribution >= 0.6 is 0 Å².